The van der Waals surface area contributed by atoms with Crippen LogP contribution in [-0.4, -0.2) is 43.2 Å². The van der Waals surface area contributed by atoms with Crippen molar-refractivity contribution in [3.05, 3.63) is 58.6 Å². The lowest BCUT2D eigenvalue weighted by Crippen LogP contribution is -2.57. The second-order valence-corrected chi connectivity index (χ2v) is 10.0. The Hall–Kier alpha value is -2.25. The average molecular weight is 441 g/mol. The Morgan fingerprint density at radius 2 is 2.03 bits per heavy atom. The van der Waals surface area contributed by atoms with E-state index in [9.17, 15) is 9.18 Å². The molecule has 4 heterocycles. The lowest BCUT2D eigenvalue weighted by atomic mass is 9.84. The molecule has 0 spiro atoms. The van der Waals surface area contributed by atoms with Crippen LogP contribution in [0.5, 0.6) is 0 Å². The highest BCUT2D eigenvalue weighted by Crippen LogP contribution is 2.40. The van der Waals surface area contributed by atoms with Gasteiger partial charge in [0.1, 0.15) is 5.82 Å². The molecule has 2 aliphatic heterocycles. The zero-order valence-electron chi connectivity index (χ0n) is 18.2. The molecule has 2 aromatic heterocycles. The predicted molar refractivity (Wildman–Crippen MR) is 120 cm³/mol. The SMILES string of the molecule is Cc1nc2sccn2c1CN1CC[C@]2(C)[C@H]1CCCCC(=O)N2Cc1ccc(F)cc1. The molecule has 5 nitrogen and oxygen atoms in total. The first-order valence-corrected chi connectivity index (χ1v) is 12.0. The molecule has 0 radical (unpaired) electrons. The van der Waals surface area contributed by atoms with Crippen molar-refractivity contribution in [2.45, 2.75) is 70.6 Å². The molecule has 0 aliphatic carbocycles. The quantitative estimate of drug-likeness (QED) is 0.586. The molecule has 0 N–H and O–H groups in total. The molecular weight excluding hydrogens is 411 g/mol. The molecule has 0 unspecified atom stereocenters. The maximum absolute atomic E-state index is 13.4. The summed E-state index contributed by atoms with van der Waals surface area (Å²) in [6.07, 6.45) is 6.75. The molecule has 0 bridgehead atoms. The Morgan fingerprint density at radius 1 is 1.23 bits per heavy atom. The van der Waals surface area contributed by atoms with Crippen molar-refractivity contribution >= 4 is 22.2 Å². The molecule has 2 atom stereocenters. The van der Waals surface area contributed by atoms with Gasteiger partial charge in [-0.25, -0.2) is 9.37 Å². The number of nitrogens with zero attached hydrogens (tertiary/aromatic N) is 4. The van der Waals surface area contributed by atoms with Gasteiger partial charge in [-0.3, -0.25) is 14.1 Å². The summed E-state index contributed by atoms with van der Waals surface area (Å²) in [7, 11) is 0. The van der Waals surface area contributed by atoms with Crippen LogP contribution in [0.3, 0.4) is 0 Å². The largest absolute Gasteiger partial charge is 0.331 e. The number of hydrogen-bond donors (Lipinski definition) is 0. The lowest BCUT2D eigenvalue weighted by Gasteiger charge is -2.46. The van der Waals surface area contributed by atoms with Gasteiger partial charge in [0, 0.05) is 43.7 Å². The summed E-state index contributed by atoms with van der Waals surface area (Å²) in [5.41, 5.74) is 3.10. The highest BCUT2D eigenvalue weighted by atomic mass is 32.1. The molecule has 0 saturated carbocycles. The van der Waals surface area contributed by atoms with Gasteiger partial charge in [-0.15, -0.1) is 11.3 Å². The van der Waals surface area contributed by atoms with E-state index in [0.717, 1.165) is 55.0 Å². The molecule has 2 fully saturated rings. The van der Waals surface area contributed by atoms with Gasteiger partial charge in [-0.1, -0.05) is 18.6 Å². The number of rotatable bonds is 4. The van der Waals surface area contributed by atoms with Crippen molar-refractivity contribution in [2.75, 3.05) is 6.54 Å². The second-order valence-electron chi connectivity index (χ2n) is 9.15. The summed E-state index contributed by atoms with van der Waals surface area (Å²) in [5.74, 6) is -0.0195. The van der Waals surface area contributed by atoms with E-state index in [1.165, 1.54) is 17.8 Å². The standard InChI is InChI=1S/C24H29FN4OS/c1-17-20(28-13-14-31-23(28)26-17)16-27-12-11-24(2)21(27)5-3-4-6-22(30)29(24)15-18-7-9-19(25)10-8-18/h7-10,13-14,21H,3-6,11-12,15-16H2,1-2H3/t21-,24-/m1/s1. The van der Waals surface area contributed by atoms with Crippen molar-refractivity contribution in [1.82, 2.24) is 19.2 Å². The van der Waals surface area contributed by atoms with Crippen LogP contribution < -0.4 is 0 Å². The number of likely N-dealkylation sites (tertiary alicyclic amines) is 2. The first-order chi connectivity index (χ1) is 15.0. The highest BCUT2D eigenvalue weighted by Gasteiger charge is 2.49. The number of aryl methyl sites for hydroxylation is 1. The normalized spacial score (nSPS) is 25.1. The molecule has 31 heavy (non-hydrogen) atoms. The van der Waals surface area contributed by atoms with Crippen LogP contribution in [0.4, 0.5) is 4.39 Å². The topological polar surface area (TPSA) is 40.9 Å². The minimum absolute atomic E-state index is 0.221. The van der Waals surface area contributed by atoms with E-state index in [1.807, 2.05) is 0 Å². The maximum atomic E-state index is 13.4. The van der Waals surface area contributed by atoms with Crippen molar-refractivity contribution in [3.63, 3.8) is 0 Å². The number of benzene rings is 1. The summed E-state index contributed by atoms with van der Waals surface area (Å²) >= 11 is 1.66. The van der Waals surface area contributed by atoms with Crippen LogP contribution in [-0.2, 0) is 17.9 Å². The molecule has 2 aliphatic rings. The number of carbonyl (C=O) groups is 1. The number of imidazole rings is 1. The summed E-state index contributed by atoms with van der Waals surface area (Å²) in [5, 5.41) is 2.08. The number of fused-ring (bicyclic) bond motifs is 2. The number of aromatic nitrogens is 2. The maximum Gasteiger partial charge on any atom is 0.223 e. The first-order valence-electron chi connectivity index (χ1n) is 11.2. The number of amides is 1. The van der Waals surface area contributed by atoms with Gasteiger partial charge in [-0.2, -0.15) is 0 Å². The molecule has 7 heteroatoms. The molecular formula is C24H29FN4OS. The third kappa shape index (κ3) is 3.68. The zero-order valence-corrected chi connectivity index (χ0v) is 19.0. The lowest BCUT2D eigenvalue weighted by molar-refractivity contribution is -0.140. The van der Waals surface area contributed by atoms with Gasteiger partial charge in [0.15, 0.2) is 4.96 Å². The van der Waals surface area contributed by atoms with Gasteiger partial charge < -0.3 is 4.90 Å². The Kier molecular flexibility index (Phi) is 5.34. The van der Waals surface area contributed by atoms with Crippen molar-refractivity contribution in [2.24, 2.45) is 0 Å². The van der Waals surface area contributed by atoms with Crippen LogP contribution >= 0.6 is 11.3 Å². The van der Waals surface area contributed by atoms with Gasteiger partial charge >= 0.3 is 0 Å². The molecule has 2 saturated heterocycles. The molecule has 1 amide bonds. The number of carbonyl (C=O) groups excluding carboxylic acids is 1. The average Bonchev–Trinajstić information content (AvgIpc) is 3.40. The van der Waals surface area contributed by atoms with E-state index < -0.39 is 0 Å². The van der Waals surface area contributed by atoms with E-state index in [4.69, 9.17) is 4.98 Å². The zero-order chi connectivity index (χ0) is 21.6. The van der Waals surface area contributed by atoms with Crippen LogP contribution in [0.15, 0.2) is 35.8 Å². The van der Waals surface area contributed by atoms with Crippen LogP contribution in [0.25, 0.3) is 4.96 Å². The van der Waals surface area contributed by atoms with Crippen LogP contribution in [0, 0.1) is 12.7 Å². The van der Waals surface area contributed by atoms with Gasteiger partial charge in [0.05, 0.1) is 16.9 Å². The Morgan fingerprint density at radius 3 is 2.84 bits per heavy atom. The van der Waals surface area contributed by atoms with Gasteiger partial charge in [0.2, 0.25) is 5.91 Å². The van der Waals surface area contributed by atoms with Crippen molar-refractivity contribution in [3.8, 4) is 0 Å². The fourth-order valence-corrected chi connectivity index (χ4v) is 6.26. The van der Waals surface area contributed by atoms with Crippen molar-refractivity contribution < 1.29 is 9.18 Å². The number of hydrogen-bond acceptors (Lipinski definition) is 4. The predicted octanol–water partition coefficient (Wildman–Crippen LogP) is 4.78. The van der Waals surface area contributed by atoms with Crippen LogP contribution in [0.2, 0.25) is 0 Å². The monoisotopic (exact) mass is 440 g/mol. The minimum Gasteiger partial charge on any atom is -0.331 e. The van der Waals surface area contributed by atoms with Crippen molar-refractivity contribution in [1.29, 1.82) is 0 Å². The van der Waals surface area contributed by atoms with E-state index in [0.29, 0.717) is 19.0 Å². The van der Waals surface area contributed by atoms with E-state index >= 15 is 0 Å². The fourth-order valence-electron chi connectivity index (χ4n) is 5.48. The Bertz CT molecular complexity index is 1090. The first kappa shape index (κ1) is 20.6. The third-order valence-corrected chi connectivity index (χ3v) is 8.02. The highest BCUT2D eigenvalue weighted by molar-refractivity contribution is 7.15. The summed E-state index contributed by atoms with van der Waals surface area (Å²) in [6, 6.07) is 6.88. The third-order valence-electron chi connectivity index (χ3n) is 7.27. The van der Waals surface area contributed by atoms with E-state index in [2.05, 4.69) is 39.6 Å². The van der Waals surface area contributed by atoms with Gasteiger partial charge in [0.25, 0.3) is 0 Å². The molecule has 3 aromatic rings. The Balaban J connectivity index is 1.44. The molecule has 1 aromatic carbocycles. The second kappa shape index (κ2) is 8.02. The van der Waals surface area contributed by atoms with Gasteiger partial charge in [-0.05, 0) is 50.8 Å². The molecule has 5 rings (SSSR count). The minimum atomic E-state index is -0.241. The van der Waals surface area contributed by atoms with E-state index in [-0.39, 0.29) is 17.3 Å². The summed E-state index contributed by atoms with van der Waals surface area (Å²) < 4.78 is 15.6. The smallest absolute Gasteiger partial charge is 0.223 e. The number of halogens is 1. The Labute approximate surface area is 186 Å². The summed E-state index contributed by atoms with van der Waals surface area (Å²) in [6.45, 7) is 6.70. The van der Waals surface area contributed by atoms with Crippen LogP contribution in [0.1, 0.15) is 56.0 Å². The van der Waals surface area contributed by atoms with E-state index in [1.54, 1.807) is 23.5 Å². The number of thiazole rings is 1. The summed E-state index contributed by atoms with van der Waals surface area (Å²) in [4.78, 5) is 23.6. The fraction of sp³-hybridized carbons (Fsp3) is 0.500. The molecule has 164 valence electrons.